The molecule has 0 amide bonds. The highest BCUT2D eigenvalue weighted by Gasteiger charge is 2.30. The molecule has 4 heteroatoms. The van der Waals surface area contributed by atoms with Gasteiger partial charge >= 0.3 is 0 Å². The van der Waals surface area contributed by atoms with Gasteiger partial charge in [0.15, 0.2) is 0 Å². The maximum absolute atomic E-state index is 5.89. The molecular formula is C26H29N3O. The molecule has 5 rings (SSSR count). The summed E-state index contributed by atoms with van der Waals surface area (Å²) in [7, 11) is 0. The molecule has 154 valence electrons. The van der Waals surface area contributed by atoms with Crippen molar-refractivity contribution >= 4 is 0 Å². The molecule has 1 aromatic carbocycles. The molecular weight excluding hydrogens is 370 g/mol. The monoisotopic (exact) mass is 399 g/mol. The lowest BCUT2D eigenvalue weighted by Crippen LogP contribution is -2.34. The number of rotatable bonds is 7. The van der Waals surface area contributed by atoms with Gasteiger partial charge in [-0.25, -0.2) is 0 Å². The molecule has 2 aliphatic rings. The van der Waals surface area contributed by atoms with Crippen LogP contribution in [0.1, 0.15) is 61.2 Å². The van der Waals surface area contributed by atoms with Crippen molar-refractivity contribution in [1.29, 1.82) is 0 Å². The molecule has 3 heterocycles. The minimum Gasteiger partial charge on any atom is -0.492 e. The van der Waals surface area contributed by atoms with E-state index in [2.05, 4.69) is 42.2 Å². The van der Waals surface area contributed by atoms with Gasteiger partial charge in [0.25, 0.3) is 0 Å². The molecule has 30 heavy (non-hydrogen) atoms. The quantitative estimate of drug-likeness (QED) is 0.381. The number of aromatic nitrogens is 2. The van der Waals surface area contributed by atoms with E-state index in [9.17, 15) is 0 Å². The second-order valence-electron chi connectivity index (χ2n) is 8.33. The first-order valence-corrected chi connectivity index (χ1v) is 11.2. The van der Waals surface area contributed by atoms with Crippen LogP contribution in [-0.2, 0) is 13.0 Å². The van der Waals surface area contributed by atoms with E-state index in [4.69, 9.17) is 14.7 Å². The smallest absolute Gasteiger partial charge is 0.142 e. The summed E-state index contributed by atoms with van der Waals surface area (Å²) >= 11 is 0. The fraction of sp³-hybridized carbons (Fsp3) is 0.385. The van der Waals surface area contributed by atoms with E-state index in [0.717, 1.165) is 44.0 Å². The highest BCUT2D eigenvalue weighted by Crippen LogP contribution is 2.39. The Hall–Kier alpha value is -2.72. The van der Waals surface area contributed by atoms with Crippen molar-refractivity contribution in [3.63, 3.8) is 0 Å². The van der Waals surface area contributed by atoms with Crippen LogP contribution in [0.4, 0.5) is 0 Å². The second-order valence-corrected chi connectivity index (χ2v) is 8.33. The van der Waals surface area contributed by atoms with E-state index in [1.807, 2.05) is 24.5 Å². The van der Waals surface area contributed by atoms with Crippen LogP contribution in [0.2, 0.25) is 0 Å². The van der Waals surface area contributed by atoms with Gasteiger partial charge in [0.1, 0.15) is 5.75 Å². The Labute approximate surface area is 178 Å². The van der Waals surface area contributed by atoms with Gasteiger partial charge in [-0.1, -0.05) is 44.0 Å². The summed E-state index contributed by atoms with van der Waals surface area (Å²) in [6, 6.07) is 15.2. The van der Waals surface area contributed by atoms with Gasteiger partial charge in [-0.2, -0.15) is 0 Å². The Kier molecular flexibility index (Phi) is 5.50. The number of fused-ring (bicyclic) bond motifs is 4. The van der Waals surface area contributed by atoms with Gasteiger partial charge in [0.05, 0.1) is 24.0 Å². The van der Waals surface area contributed by atoms with Crippen LogP contribution in [0, 0.1) is 0 Å². The SMILES string of the molecule is CCCCCN(Cc1nccc2c1Cc1ccccc1-2)C1CCOc2cccnc21. The molecule has 0 spiro atoms. The Bertz CT molecular complexity index is 1030. The van der Waals surface area contributed by atoms with E-state index in [-0.39, 0.29) is 6.04 Å². The summed E-state index contributed by atoms with van der Waals surface area (Å²) in [4.78, 5) is 12.2. The largest absolute Gasteiger partial charge is 0.492 e. The van der Waals surface area contributed by atoms with Crippen LogP contribution in [0.25, 0.3) is 11.1 Å². The van der Waals surface area contributed by atoms with E-state index >= 15 is 0 Å². The fourth-order valence-electron chi connectivity index (χ4n) is 4.90. The molecule has 0 N–H and O–H groups in total. The first kappa shape index (κ1) is 19.3. The minimum absolute atomic E-state index is 0.285. The molecule has 0 radical (unpaired) electrons. The highest BCUT2D eigenvalue weighted by molar-refractivity contribution is 5.77. The Morgan fingerprint density at radius 2 is 1.93 bits per heavy atom. The predicted octanol–water partition coefficient (Wildman–Crippen LogP) is 5.56. The zero-order valence-corrected chi connectivity index (χ0v) is 17.7. The van der Waals surface area contributed by atoms with E-state index in [1.165, 1.54) is 47.2 Å². The van der Waals surface area contributed by atoms with Crippen molar-refractivity contribution in [2.24, 2.45) is 0 Å². The topological polar surface area (TPSA) is 38.2 Å². The van der Waals surface area contributed by atoms with Gasteiger partial charge in [-0.15, -0.1) is 0 Å². The molecule has 1 atom stereocenters. The summed E-state index contributed by atoms with van der Waals surface area (Å²) in [6.07, 6.45) is 9.51. The number of hydrogen-bond donors (Lipinski definition) is 0. The average molecular weight is 400 g/mol. The third-order valence-corrected chi connectivity index (χ3v) is 6.43. The minimum atomic E-state index is 0.285. The number of hydrogen-bond acceptors (Lipinski definition) is 4. The predicted molar refractivity (Wildman–Crippen MR) is 120 cm³/mol. The number of ether oxygens (including phenoxy) is 1. The van der Waals surface area contributed by atoms with E-state index in [1.54, 1.807) is 0 Å². The first-order chi connectivity index (χ1) is 14.8. The summed E-state index contributed by atoms with van der Waals surface area (Å²) in [5.74, 6) is 0.938. The summed E-state index contributed by atoms with van der Waals surface area (Å²) in [5.41, 5.74) is 7.83. The van der Waals surface area contributed by atoms with Crippen LogP contribution in [0.15, 0.2) is 54.9 Å². The first-order valence-electron chi connectivity index (χ1n) is 11.2. The molecule has 0 bridgehead atoms. The lowest BCUT2D eigenvalue weighted by atomic mass is 10.0. The third kappa shape index (κ3) is 3.61. The maximum atomic E-state index is 5.89. The molecule has 1 aliphatic carbocycles. The molecule has 2 aromatic heterocycles. The normalized spacial score (nSPS) is 16.7. The molecule has 0 fully saturated rings. The number of unbranched alkanes of at least 4 members (excludes halogenated alkanes) is 2. The standard InChI is InChI=1S/C26H29N3O/c1-2-3-6-15-29(24-12-16-30-25-10-7-13-28-26(24)25)18-23-22-17-19-8-4-5-9-20(19)21(22)11-14-27-23/h4-5,7-11,13-14,24H,2-3,6,12,15-18H2,1H3. The van der Waals surface area contributed by atoms with Crippen molar-refractivity contribution in [2.45, 2.75) is 51.6 Å². The number of benzene rings is 1. The fourth-order valence-corrected chi connectivity index (χ4v) is 4.90. The zero-order chi connectivity index (χ0) is 20.3. The van der Waals surface area contributed by atoms with Crippen molar-refractivity contribution < 1.29 is 4.74 Å². The Morgan fingerprint density at radius 1 is 1.00 bits per heavy atom. The number of nitrogens with zero attached hydrogens (tertiary/aromatic N) is 3. The van der Waals surface area contributed by atoms with Crippen molar-refractivity contribution in [1.82, 2.24) is 14.9 Å². The van der Waals surface area contributed by atoms with Crippen molar-refractivity contribution in [3.8, 4) is 16.9 Å². The molecule has 0 saturated carbocycles. The molecule has 0 saturated heterocycles. The summed E-state index contributed by atoms with van der Waals surface area (Å²) in [6.45, 7) is 4.94. The Morgan fingerprint density at radius 3 is 2.87 bits per heavy atom. The highest BCUT2D eigenvalue weighted by atomic mass is 16.5. The number of pyridine rings is 2. The second kappa shape index (κ2) is 8.57. The van der Waals surface area contributed by atoms with Gasteiger partial charge in [0.2, 0.25) is 0 Å². The van der Waals surface area contributed by atoms with Crippen LogP contribution in [0.3, 0.4) is 0 Å². The van der Waals surface area contributed by atoms with Gasteiger partial charge < -0.3 is 4.74 Å². The molecule has 4 nitrogen and oxygen atoms in total. The molecule has 3 aromatic rings. The third-order valence-electron chi connectivity index (χ3n) is 6.43. The van der Waals surface area contributed by atoms with E-state index in [0.29, 0.717) is 0 Å². The zero-order valence-electron chi connectivity index (χ0n) is 17.7. The lowest BCUT2D eigenvalue weighted by molar-refractivity contribution is 0.125. The average Bonchev–Trinajstić information content (AvgIpc) is 3.18. The van der Waals surface area contributed by atoms with Crippen molar-refractivity contribution in [2.75, 3.05) is 13.2 Å². The summed E-state index contributed by atoms with van der Waals surface area (Å²) < 4.78 is 5.89. The lowest BCUT2D eigenvalue weighted by Gasteiger charge is -2.35. The van der Waals surface area contributed by atoms with Crippen LogP contribution >= 0.6 is 0 Å². The Balaban J connectivity index is 1.46. The van der Waals surface area contributed by atoms with Crippen molar-refractivity contribution in [3.05, 3.63) is 77.4 Å². The molecule has 1 aliphatic heterocycles. The van der Waals surface area contributed by atoms with E-state index < -0.39 is 0 Å². The summed E-state index contributed by atoms with van der Waals surface area (Å²) in [5, 5.41) is 0. The maximum Gasteiger partial charge on any atom is 0.142 e. The van der Waals surface area contributed by atoms with Gasteiger partial charge in [0, 0.05) is 31.8 Å². The van der Waals surface area contributed by atoms with Crippen LogP contribution in [-0.4, -0.2) is 28.0 Å². The van der Waals surface area contributed by atoms with Crippen LogP contribution in [0.5, 0.6) is 5.75 Å². The molecule has 1 unspecified atom stereocenters. The van der Waals surface area contributed by atoms with Crippen LogP contribution < -0.4 is 4.74 Å². The van der Waals surface area contributed by atoms with Gasteiger partial charge in [-0.3, -0.25) is 14.9 Å². The van der Waals surface area contributed by atoms with Gasteiger partial charge in [-0.05, 0) is 53.4 Å².